The van der Waals surface area contributed by atoms with E-state index >= 15 is 0 Å². The highest BCUT2D eigenvalue weighted by Crippen LogP contribution is 2.09. The number of rotatable bonds is 3. The van der Waals surface area contributed by atoms with Crippen LogP contribution in [-0.2, 0) is 9.53 Å². The lowest BCUT2D eigenvalue weighted by Gasteiger charge is -2.09. The van der Waals surface area contributed by atoms with Gasteiger partial charge in [-0.3, -0.25) is 4.98 Å². The number of hydrogen-bond donors (Lipinski definition) is 1. The quantitative estimate of drug-likeness (QED) is 0.829. The van der Waals surface area contributed by atoms with Crippen molar-refractivity contribution < 1.29 is 9.53 Å². The van der Waals surface area contributed by atoms with Crippen LogP contribution in [0.2, 0.25) is 0 Å². The average Bonchev–Trinajstić information content (AvgIpc) is 2.18. The van der Waals surface area contributed by atoms with Crippen LogP contribution in [0, 0.1) is 0 Å². The SMILES string of the molecule is CCOC(=O)C(N)c1cccnc1.Cl.Cl. The van der Waals surface area contributed by atoms with E-state index in [1.165, 1.54) is 0 Å². The predicted octanol–water partition coefficient (Wildman–Crippen LogP) is 1.49. The summed E-state index contributed by atoms with van der Waals surface area (Å²) in [5, 5.41) is 0. The van der Waals surface area contributed by atoms with Crippen LogP contribution in [0.25, 0.3) is 0 Å². The summed E-state index contributed by atoms with van der Waals surface area (Å²) in [6, 6.07) is 2.75. The summed E-state index contributed by atoms with van der Waals surface area (Å²) in [4.78, 5) is 15.0. The fourth-order valence-electron chi connectivity index (χ4n) is 0.928. The summed E-state index contributed by atoms with van der Waals surface area (Å²) in [5.41, 5.74) is 6.28. The van der Waals surface area contributed by atoms with Gasteiger partial charge in [-0.25, -0.2) is 4.79 Å². The zero-order valence-corrected chi connectivity index (χ0v) is 9.88. The smallest absolute Gasteiger partial charge is 0.327 e. The molecule has 0 radical (unpaired) electrons. The summed E-state index contributed by atoms with van der Waals surface area (Å²) < 4.78 is 4.77. The van der Waals surface area contributed by atoms with Gasteiger partial charge in [-0.2, -0.15) is 0 Å². The first-order valence-corrected chi connectivity index (χ1v) is 4.08. The molecule has 86 valence electrons. The van der Waals surface area contributed by atoms with Crippen LogP contribution in [0.4, 0.5) is 0 Å². The predicted molar refractivity (Wildman–Crippen MR) is 62.3 cm³/mol. The Balaban J connectivity index is 0. The van der Waals surface area contributed by atoms with Crippen molar-refractivity contribution in [3.8, 4) is 0 Å². The summed E-state index contributed by atoms with van der Waals surface area (Å²) >= 11 is 0. The molecule has 1 unspecified atom stereocenters. The maximum Gasteiger partial charge on any atom is 0.327 e. The molecule has 1 atom stereocenters. The fourth-order valence-corrected chi connectivity index (χ4v) is 0.928. The molecule has 4 nitrogen and oxygen atoms in total. The average molecular weight is 253 g/mol. The van der Waals surface area contributed by atoms with Crippen molar-refractivity contribution in [2.24, 2.45) is 5.73 Å². The molecule has 1 aromatic rings. The highest BCUT2D eigenvalue weighted by Gasteiger charge is 2.16. The van der Waals surface area contributed by atoms with Crippen LogP contribution in [0.3, 0.4) is 0 Å². The summed E-state index contributed by atoms with van der Waals surface area (Å²) in [6.45, 7) is 2.08. The van der Waals surface area contributed by atoms with Crippen molar-refractivity contribution in [1.82, 2.24) is 4.98 Å². The van der Waals surface area contributed by atoms with Gasteiger partial charge in [0, 0.05) is 12.4 Å². The van der Waals surface area contributed by atoms with Gasteiger partial charge in [-0.1, -0.05) is 6.07 Å². The highest BCUT2D eigenvalue weighted by molar-refractivity contribution is 5.85. The van der Waals surface area contributed by atoms with Crippen molar-refractivity contribution >= 4 is 30.8 Å². The lowest BCUT2D eigenvalue weighted by Crippen LogP contribution is -2.23. The van der Waals surface area contributed by atoms with Gasteiger partial charge in [-0.15, -0.1) is 24.8 Å². The van der Waals surface area contributed by atoms with Gasteiger partial charge in [0.2, 0.25) is 0 Å². The van der Waals surface area contributed by atoms with E-state index in [1.807, 2.05) is 0 Å². The molecule has 1 aromatic heterocycles. The van der Waals surface area contributed by atoms with Crippen molar-refractivity contribution in [1.29, 1.82) is 0 Å². The Kier molecular flexibility index (Phi) is 9.36. The zero-order chi connectivity index (χ0) is 9.68. The van der Waals surface area contributed by atoms with Crippen molar-refractivity contribution in [3.05, 3.63) is 30.1 Å². The molecular formula is C9H14Cl2N2O2. The Morgan fingerprint density at radius 1 is 1.60 bits per heavy atom. The number of aromatic nitrogens is 1. The van der Waals surface area contributed by atoms with Crippen molar-refractivity contribution in [2.75, 3.05) is 6.61 Å². The molecule has 1 rings (SSSR count). The molecular weight excluding hydrogens is 239 g/mol. The second-order valence-corrected chi connectivity index (χ2v) is 2.52. The minimum Gasteiger partial charge on any atom is -0.465 e. The number of ether oxygens (including phenoxy) is 1. The van der Waals surface area contributed by atoms with Crippen LogP contribution >= 0.6 is 24.8 Å². The first-order valence-electron chi connectivity index (χ1n) is 4.08. The molecule has 0 fully saturated rings. The van der Waals surface area contributed by atoms with E-state index in [-0.39, 0.29) is 24.8 Å². The van der Waals surface area contributed by atoms with Gasteiger partial charge >= 0.3 is 5.97 Å². The molecule has 0 bridgehead atoms. The molecule has 0 spiro atoms. The molecule has 0 aliphatic carbocycles. The Morgan fingerprint density at radius 2 is 2.27 bits per heavy atom. The Bertz CT molecular complexity index is 283. The van der Waals surface area contributed by atoms with E-state index in [9.17, 15) is 4.79 Å². The number of esters is 1. The molecule has 0 aliphatic heterocycles. The van der Waals surface area contributed by atoms with E-state index in [4.69, 9.17) is 10.5 Å². The van der Waals surface area contributed by atoms with Gasteiger partial charge in [0.1, 0.15) is 6.04 Å². The van der Waals surface area contributed by atoms with Crippen LogP contribution in [0.5, 0.6) is 0 Å². The Hall–Kier alpha value is -0.840. The molecule has 0 saturated heterocycles. The monoisotopic (exact) mass is 252 g/mol. The van der Waals surface area contributed by atoms with Crippen LogP contribution in [0.1, 0.15) is 18.5 Å². The van der Waals surface area contributed by atoms with Crippen molar-refractivity contribution in [2.45, 2.75) is 13.0 Å². The molecule has 2 N–H and O–H groups in total. The van der Waals surface area contributed by atoms with Crippen molar-refractivity contribution in [3.63, 3.8) is 0 Å². The number of carbonyl (C=O) groups excluding carboxylic acids is 1. The lowest BCUT2D eigenvalue weighted by molar-refractivity contribution is -0.144. The van der Waals surface area contributed by atoms with E-state index < -0.39 is 12.0 Å². The maximum absolute atomic E-state index is 11.2. The lowest BCUT2D eigenvalue weighted by atomic mass is 10.1. The van der Waals surface area contributed by atoms with Crippen LogP contribution in [0.15, 0.2) is 24.5 Å². The third-order valence-electron chi connectivity index (χ3n) is 1.58. The third kappa shape index (κ3) is 4.97. The van der Waals surface area contributed by atoms with E-state index in [1.54, 1.807) is 31.5 Å². The summed E-state index contributed by atoms with van der Waals surface area (Å²) in [7, 11) is 0. The number of nitrogens with two attached hydrogens (primary N) is 1. The minimum absolute atomic E-state index is 0. The first-order chi connectivity index (χ1) is 6.25. The standard InChI is InChI=1S/C9H12N2O2.2ClH/c1-2-13-9(12)8(10)7-4-3-5-11-6-7;;/h3-6,8H,2,10H2,1H3;2*1H. The number of halogens is 2. The van der Waals surface area contributed by atoms with Crippen LogP contribution < -0.4 is 5.73 Å². The topological polar surface area (TPSA) is 65.2 Å². The minimum atomic E-state index is -0.728. The van der Waals surface area contributed by atoms with Gasteiger partial charge in [0.15, 0.2) is 0 Å². The molecule has 0 aromatic carbocycles. The van der Waals surface area contributed by atoms with E-state index in [2.05, 4.69) is 4.98 Å². The van der Waals surface area contributed by atoms with Gasteiger partial charge < -0.3 is 10.5 Å². The van der Waals surface area contributed by atoms with Gasteiger partial charge in [0.05, 0.1) is 6.61 Å². The Labute approximate surface area is 101 Å². The maximum atomic E-state index is 11.2. The number of pyridine rings is 1. The molecule has 0 saturated carbocycles. The molecule has 6 heteroatoms. The second kappa shape index (κ2) is 8.47. The second-order valence-electron chi connectivity index (χ2n) is 2.52. The van der Waals surface area contributed by atoms with E-state index in [0.717, 1.165) is 0 Å². The number of nitrogens with zero attached hydrogens (tertiary/aromatic N) is 1. The largest absolute Gasteiger partial charge is 0.465 e. The molecule has 15 heavy (non-hydrogen) atoms. The van der Waals surface area contributed by atoms with Crippen LogP contribution in [-0.4, -0.2) is 17.6 Å². The van der Waals surface area contributed by atoms with Gasteiger partial charge in [-0.05, 0) is 18.6 Å². The normalized spacial score (nSPS) is 10.5. The number of carbonyl (C=O) groups is 1. The first kappa shape index (κ1) is 16.6. The molecule has 0 aliphatic rings. The molecule has 0 amide bonds. The summed E-state index contributed by atoms with van der Waals surface area (Å²) in [5.74, 6) is -0.421. The van der Waals surface area contributed by atoms with E-state index in [0.29, 0.717) is 12.2 Å². The Morgan fingerprint density at radius 3 is 2.73 bits per heavy atom. The highest BCUT2D eigenvalue weighted by atomic mass is 35.5. The summed E-state index contributed by atoms with van der Waals surface area (Å²) in [6.07, 6.45) is 3.18. The number of hydrogen-bond acceptors (Lipinski definition) is 4. The third-order valence-corrected chi connectivity index (χ3v) is 1.58. The zero-order valence-electron chi connectivity index (χ0n) is 8.25. The molecule has 1 heterocycles. The fraction of sp³-hybridized carbons (Fsp3) is 0.333. The van der Waals surface area contributed by atoms with Gasteiger partial charge in [0.25, 0.3) is 0 Å².